The van der Waals surface area contributed by atoms with E-state index in [0.717, 1.165) is 10.9 Å². The van der Waals surface area contributed by atoms with E-state index in [4.69, 9.17) is 21.7 Å². The van der Waals surface area contributed by atoms with E-state index in [-0.39, 0.29) is 11.7 Å². The third-order valence-corrected chi connectivity index (χ3v) is 4.54. The van der Waals surface area contributed by atoms with E-state index in [1.54, 1.807) is 48.5 Å². The van der Waals surface area contributed by atoms with Crippen molar-refractivity contribution in [2.45, 2.75) is 20.3 Å². The molecule has 2 aromatic carbocycles. The second kappa shape index (κ2) is 12.1. The van der Waals surface area contributed by atoms with Crippen LogP contribution in [0.3, 0.4) is 0 Å². The summed E-state index contributed by atoms with van der Waals surface area (Å²) in [6.45, 7) is 4.68. The number of benzene rings is 2. The van der Waals surface area contributed by atoms with Crippen molar-refractivity contribution in [3.63, 3.8) is 0 Å². The molecule has 3 N–H and O–H groups in total. The number of ether oxygens (including phenoxy) is 2. The molecule has 0 radical (unpaired) electrons. The Hall–Kier alpha value is -2.65. The molecule has 0 heterocycles. The van der Waals surface area contributed by atoms with E-state index in [1.165, 1.54) is 0 Å². The maximum atomic E-state index is 12.2. The second-order valence-electron chi connectivity index (χ2n) is 6.75. The molecule has 0 aliphatic rings. The first-order valence-electron chi connectivity index (χ1n) is 9.35. The van der Waals surface area contributed by atoms with E-state index in [9.17, 15) is 9.59 Å². The Morgan fingerprint density at radius 1 is 0.967 bits per heavy atom. The lowest BCUT2D eigenvalue weighted by atomic mass is 10.1. The van der Waals surface area contributed by atoms with Crippen LogP contribution >= 0.6 is 28.1 Å². The molecule has 2 amide bonds. The minimum atomic E-state index is -0.447. The molecule has 0 atom stereocenters. The Kier molecular flexibility index (Phi) is 9.56. The van der Waals surface area contributed by atoms with Crippen molar-refractivity contribution in [1.29, 1.82) is 0 Å². The van der Waals surface area contributed by atoms with Gasteiger partial charge in [-0.1, -0.05) is 29.8 Å². The number of carbonyl (C=O) groups excluding carboxylic acids is 2. The summed E-state index contributed by atoms with van der Waals surface area (Å²) in [4.78, 5) is 24.0. The Bertz CT molecular complexity index is 858. The van der Waals surface area contributed by atoms with Crippen molar-refractivity contribution >= 4 is 45.1 Å². The summed E-state index contributed by atoms with van der Waals surface area (Å²) in [7, 11) is 0. The van der Waals surface area contributed by atoms with Crippen LogP contribution in [0.15, 0.2) is 53.0 Å². The molecule has 0 saturated carbocycles. The Labute approximate surface area is 189 Å². The number of amides is 2. The van der Waals surface area contributed by atoms with Crippen LogP contribution in [0.25, 0.3) is 0 Å². The molecule has 0 bridgehead atoms. The highest BCUT2D eigenvalue weighted by atomic mass is 79.9. The molecule has 9 heteroatoms. The Morgan fingerprint density at radius 2 is 1.57 bits per heavy atom. The van der Waals surface area contributed by atoms with E-state index in [1.807, 2.05) is 0 Å². The molecule has 30 heavy (non-hydrogen) atoms. The molecule has 2 aromatic rings. The number of hydrazine groups is 1. The predicted octanol–water partition coefficient (Wildman–Crippen LogP) is 3.59. The van der Waals surface area contributed by atoms with Gasteiger partial charge in [0.15, 0.2) is 11.7 Å². The van der Waals surface area contributed by atoms with Gasteiger partial charge in [0, 0.05) is 10.0 Å². The molecule has 2 rings (SSSR count). The van der Waals surface area contributed by atoms with Crippen LogP contribution < -0.4 is 25.6 Å². The largest absolute Gasteiger partial charge is 0.494 e. The summed E-state index contributed by atoms with van der Waals surface area (Å²) >= 11 is 8.34. The minimum Gasteiger partial charge on any atom is -0.494 e. The molecule has 0 unspecified atom stereocenters. The zero-order valence-electron chi connectivity index (χ0n) is 16.7. The zero-order valence-corrected chi connectivity index (χ0v) is 19.1. The molecular formula is C21H24BrN3O4S. The highest BCUT2D eigenvalue weighted by Gasteiger charge is 2.09. The molecular weight excluding hydrogens is 470 g/mol. The van der Waals surface area contributed by atoms with E-state index in [0.29, 0.717) is 29.6 Å². The molecule has 7 nitrogen and oxygen atoms in total. The number of thiocarbonyl (C=S) groups is 1. The van der Waals surface area contributed by atoms with Crippen LogP contribution in [0.2, 0.25) is 0 Å². The minimum absolute atomic E-state index is 0.0331. The fourth-order valence-electron chi connectivity index (χ4n) is 2.16. The fourth-order valence-corrected chi connectivity index (χ4v) is 2.57. The first-order chi connectivity index (χ1) is 14.3. The normalized spacial score (nSPS) is 10.3. The van der Waals surface area contributed by atoms with Gasteiger partial charge in [-0.25, -0.2) is 0 Å². The third kappa shape index (κ3) is 8.79. The van der Waals surface area contributed by atoms with Crippen LogP contribution in [-0.2, 0) is 4.79 Å². The van der Waals surface area contributed by atoms with Gasteiger partial charge in [0.05, 0.1) is 6.61 Å². The van der Waals surface area contributed by atoms with Gasteiger partial charge in [-0.05, 0) is 73.1 Å². The average Bonchev–Trinajstić information content (AvgIpc) is 2.72. The zero-order chi connectivity index (χ0) is 21.9. The van der Waals surface area contributed by atoms with Gasteiger partial charge in [-0.2, -0.15) is 0 Å². The van der Waals surface area contributed by atoms with Gasteiger partial charge in [0.25, 0.3) is 11.8 Å². The first-order valence-corrected chi connectivity index (χ1v) is 10.5. The lowest BCUT2D eigenvalue weighted by Crippen LogP contribution is -2.49. The smallest absolute Gasteiger partial charge is 0.276 e. The van der Waals surface area contributed by atoms with Crippen LogP contribution in [0.4, 0.5) is 0 Å². The van der Waals surface area contributed by atoms with Crippen LogP contribution in [0, 0.1) is 5.92 Å². The van der Waals surface area contributed by atoms with Crippen molar-refractivity contribution in [1.82, 2.24) is 16.2 Å². The number of nitrogens with one attached hydrogen (secondary N) is 3. The van der Waals surface area contributed by atoms with Gasteiger partial charge >= 0.3 is 0 Å². The van der Waals surface area contributed by atoms with E-state index in [2.05, 4.69) is 45.9 Å². The SMILES string of the molecule is CC(C)CCOc1ccc(C(=O)NC(=S)NNC(=O)COc2ccc(Br)cc2)cc1. The molecule has 0 aliphatic carbocycles. The van der Waals surface area contributed by atoms with Gasteiger partial charge in [0.2, 0.25) is 0 Å². The maximum Gasteiger partial charge on any atom is 0.276 e. The summed E-state index contributed by atoms with van der Waals surface area (Å²) in [5.41, 5.74) is 5.25. The van der Waals surface area contributed by atoms with Gasteiger partial charge in [0.1, 0.15) is 11.5 Å². The van der Waals surface area contributed by atoms with Crippen molar-refractivity contribution < 1.29 is 19.1 Å². The van der Waals surface area contributed by atoms with Crippen LogP contribution in [0.5, 0.6) is 11.5 Å². The lowest BCUT2D eigenvalue weighted by Gasteiger charge is -2.12. The molecule has 0 aromatic heterocycles. The summed E-state index contributed by atoms with van der Waals surface area (Å²) in [5.74, 6) is 0.974. The van der Waals surface area contributed by atoms with Crippen molar-refractivity contribution in [3.05, 3.63) is 58.6 Å². The highest BCUT2D eigenvalue weighted by molar-refractivity contribution is 9.10. The van der Waals surface area contributed by atoms with Crippen molar-refractivity contribution in [3.8, 4) is 11.5 Å². The van der Waals surface area contributed by atoms with Gasteiger partial charge < -0.3 is 9.47 Å². The quantitative estimate of drug-likeness (QED) is 0.384. The highest BCUT2D eigenvalue weighted by Crippen LogP contribution is 2.16. The van der Waals surface area contributed by atoms with Crippen LogP contribution in [0.1, 0.15) is 30.6 Å². The average molecular weight is 494 g/mol. The lowest BCUT2D eigenvalue weighted by molar-refractivity contribution is -0.123. The standard InChI is InChI=1S/C21H24BrN3O4S/c1-14(2)11-12-28-17-7-3-15(4-8-17)20(27)23-21(30)25-24-19(26)13-29-18-9-5-16(22)6-10-18/h3-10,14H,11-13H2,1-2H3,(H,24,26)(H2,23,25,27,30). The summed E-state index contributed by atoms with van der Waals surface area (Å²) in [5, 5.41) is 2.46. The number of carbonyl (C=O) groups is 2. The van der Waals surface area contributed by atoms with Crippen molar-refractivity contribution in [2.75, 3.05) is 13.2 Å². The summed E-state index contributed by atoms with van der Waals surface area (Å²) in [6, 6.07) is 13.8. The molecule has 0 fully saturated rings. The Balaban J connectivity index is 1.70. The molecule has 0 spiro atoms. The maximum absolute atomic E-state index is 12.2. The molecule has 0 aliphatic heterocycles. The third-order valence-electron chi connectivity index (χ3n) is 3.81. The Morgan fingerprint density at radius 3 is 2.20 bits per heavy atom. The first kappa shape index (κ1) is 23.6. The second-order valence-corrected chi connectivity index (χ2v) is 8.08. The number of hydrogen-bond donors (Lipinski definition) is 3. The van der Waals surface area contributed by atoms with Gasteiger partial charge in [-0.3, -0.25) is 25.8 Å². The predicted molar refractivity (Wildman–Crippen MR) is 122 cm³/mol. The van der Waals surface area contributed by atoms with E-state index >= 15 is 0 Å². The number of rotatable bonds is 8. The topological polar surface area (TPSA) is 88.7 Å². The molecule has 0 saturated heterocycles. The fraction of sp³-hybridized carbons (Fsp3) is 0.286. The molecule has 160 valence electrons. The number of halogens is 1. The van der Waals surface area contributed by atoms with Crippen LogP contribution in [-0.4, -0.2) is 30.1 Å². The number of hydrogen-bond acceptors (Lipinski definition) is 5. The van der Waals surface area contributed by atoms with E-state index < -0.39 is 11.8 Å². The monoisotopic (exact) mass is 493 g/mol. The van der Waals surface area contributed by atoms with Crippen molar-refractivity contribution in [2.24, 2.45) is 5.92 Å². The van der Waals surface area contributed by atoms with Gasteiger partial charge in [-0.15, -0.1) is 0 Å². The summed E-state index contributed by atoms with van der Waals surface area (Å²) in [6.07, 6.45) is 0.960. The summed E-state index contributed by atoms with van der Waals surface area (Å²) < 4.78 is 11.9.